The van der Waals surface area contributed by atoms with Crippen LogP contribution in [0.25, 0.3) is 0 Å². The van der Waals surface area contributed by atoms with Crippen molar-refractivity contribution in [2.45, 2.75) is 4.90 Å². The number of rotatable bonds is 6. The fraction of sp³-hybridized carbons (Fsp3) is 0.0500. The molecule has 0 aliphatic rings. The van der Waals surface area contributed by atoms with E-state index in [9.17, 15) is 17.6 Å². The summed E-state index contributed by atoms with van der Waals surface area (Å²) in [4.78, 5) is 12.7. The van der Waals surface area contributed by atoms with Crippen molar-refractivity contribution in [3.63, 3.8) is 0 Å². The molecule has 0 unspecified atom stereocenters. The van der Waals surface area contributed by atoms with Crippen molar-refractivity contribution in [3.8, 4) is 17.2 Å². The van der Waals surface area contributed by atoms with Crippen LogP contribution in [0.2, 0.25) is 5.02 Å². The monoisotopic (exact) mass is 450 g/mol. The normalized spacial score (nSPS) is 11.1. The van der Waals surface area contributed by atoms with Gasteiger partial charge in [-0.15, -0.1) is 0 Å². The molecular weight excluding hydrogens is 435 g/mol. The summed E-state index contributed by atoms with van der Waals surface area (Å²) in [5.74, 6) is -0.670. The van der Waals surface area contributed by atoms with Crippen LogP contribution in [0, 0.1) is 5.82 Å². The fourth-order valence-electron chi connectivity index (χ4n) is 2.56. The number of anilines is 1. The highest BCUT2D eigenvalue weighted by atomic mass is 35.5. The van der Waals surface area contributed by atoms with Crippen molar-refractivity contribution in [2.24, 2.45) is 5.14 Å². The first-order valence-electron chi connectivity index (χ1n) is 8.42. The molecule has 0 radical (unpaired) electrons. The third-order valence-corrected chi connectivity index (χ3v) is 5.10. The number of halogens is 2. The lowest BCUT2D eigenvalue weighted by Gasteiger charge is -2.14. The molecule has 0 aliphatic carbocycles. The summed E-state index contributed by atoms with van der Waals surface area (Å²) < 4.78 is 47.3. The number of hydrogen-bond donors (Lipinski definition) is 2. The number of carbonyl (C=O) groups excluding carboxylic acids is 1. The Hall–Kier alpha value is -3.14. The maximum absolute atomic E-state index is 13.4. The second-order valence-electron chi connectivity index (χ2n) is 6.06. The number of amides is 1. The molecule has 3 aromatic rings. The molecule has 3 rings (SSSR count). The number of carbonyl (C=O) groups is 1. The lowest BCUT2D eigenvalue weighted by atomic mass is 10.1. The van der Waals surface area contributed by atoms with Crippen molar-refractivity contribution < 1.29 is 27.1 Å². The van der Waals surface area contributed by atoms with Crippen LogP contribution in [0.5, 0.6) is 17.2 Å². The zero-order chi connectivity index (χ0) is 21.9. The molecule has 0 bridgehead atoms. The van der Waals surface area contributed by atoms with E-state index in [0.29, 0.717) is 0 Å². The Labute approximate surface area is 177 Å². The molecule has 30 heavy (non-hydrogen) atoms. The maximum atomic E-state index is 13.4. The van der Waals surface area contributed by atoms with Crippen LogP contribution < -0.4 is 19.9 Å². The predicted octanol–water partition coefficient (Wildman–Crippen LogP) is 4.18. The summed E-state index contributed by atoms with van der Waals surface area (Å²) in [6.07, 6.45) is 0. The second-order valence-corrected chi connectivity index (χ2v) is 8.06. The summed E-state index contributed by atoms with van der Waals surface area (Å²) in [5.41, 5.74) is 0.270. The van der Waals surface area contributed by atoms with Crippen molar-refractivity contribution in [1.29, 1.82) is 0 Å². The van der Waals surface area contributed by atoms with Gasteiger partial charge in [0.25, 0.3) is 5.91 Å². The lowest BCUT2D eigenvalue weighted by molar-refractivity contribution is 0.102. The Bertz CT molecular complexity index is 1220. The highest BCUT2D eigenvalue weighted by Gasteiger charge is 2.17. The first-order valence-corrected chi connectivity index (χ1v) is 10.3. The quantitative estimate of drug-likeness (QED) is 0.585. The number of benzene rings is 3. The van der Waals surface area contributed by atoms with Gasteiger partial charge in [0, 0.05) is 16.8 Å². The average molecular weight is 451 g/mol. The number of ether oxygens (including phenoxy) is 2. The van der Waals surface area contributed by atoms with Gasteiger partial charge in [0.2, 0.25) is 10.0 Å². The van der Waals surface area contributed by atoms with E-state index in [1.807, 2.05) is 0 Å². The zero-order valence-corrected chi connectivity index (χ0v) is 17.1. The highest BCUT2D eigenvalue weighted by Crippen LogP contribution is 2.35. The van der Waals surface area contributed by atoms with Crippen LogP contribution >= 0.6 is 11.6 Å². The number of nitrogens with one attached hydrogen (secondary N) is 1. The fourth-order valence-corrected chi connectivity index (χ4v) is 3.29. The second kappa shape index (κ2) is 8.70. The summed E-state index contributed by atoms with van der Waals surface area (Å²) >= 11 is 6.03. The molecule has 156 valence electrons. The van der Waals surface area contributed by atoms with E-state index in [0.717, 1.165) is 6.07 Å². The van der Waals surface area contributed by atoms with Gasteiger partial charge < -0.3 is 14.8 Å². The molecule has 0 aromatic heterocycles. The molecule has 0 atom stereocenters. The van der Waals surface area contributed by atoms with Gasteiger partial charge in [-0.25, -0.2) is 17.9 Å². The van der Waals surface area contributed by atoms with E-state index in [2.05, 4.69) is 5.32 Å². The minimum atomic E-state index is -3.93. The number of methoxy groups -OCH3 is 1. The van der Waals surface area contributed by atoms with Crippen molar-refractivity contribution in [2.75, 3.05) is 12.4 Å². The van der Waals surface area contributed by atoms with Crippen LogP contribution in [-0.2, 0) is 10.0 Å². The Morgan fingerprint density at radius 1 is 1.03 bits per heavy atom. The van der Waals surface area contributed by atoms with Crippen LogP contribution in [0.4, 0.5) is 10.1 Å². The predicted molar refractivity (Wildman–Crippen MR) is 110 cm³/mol. The molecular formula is C20H16ClFN2O5S. The number of hydrogen-bond acceptors (Lipinski definition) is 5. The molecule has 0 spiro atoms. The van der Waals surface area contributed by atoms with Crippen molar-refractivity contribution >= 4 is 33.2 Å². The van der Waals surface area contributed by atoms with Gasteiger partial charge in [0.1, 0.15) is 11.6 Å². The average Bonchev–Trinajstić information content (AvgIpc) is 2.70. The van der Waals surface area contributed by atoms with Gasteiger partial charge in [0.15, 0.2) is 11.5 Å². The third-order valence-electron chi connectivity index (χ3n) is 3.95. The standard InChI is InChI=1S/C20H16ClFN2O5S/c1-28-19-10-13(22)6-8-18(19)29-17-7-5-12(21)9-16(17)20(25)24-14-3-2-4-15(11-14)30(23,26)27/h2-11H,1H3,(H,24,25)(H2,23,26,27). The SMILES string of the molecule is COc1cc(F)ccc1Oc1ccc(Cl)cc1C(=O)Nc1cccc(S(N)(=O)=O)c1. The number of primary sulfonamides is 1. The van der Waals surface area contributed by atoms with Gasteiger partial charge in [-0.1, -0.05) is 17.7 Å². The molecule has 7 nitrogen and oxygen atoms in total. The largest absolute Gasteiger partial charge is 0.493 e. The highest BCUT2D eigenvalue weighted by molar-refractivity contribution is 7.89. The summed E-state index contributed by atoms with van der Waals surface area (Å²) in [6, 6.07) is 13.5. The molecule has 0 fully saturated rings. The topological polar surface area (TPSA) is 108 Å². The van der Waals surface area contributed by atoms with Crippen LogP contribution in [0.1, 0.15) is 10.4 Å². The van der Waals surface area contributed by atoms with Gasteiger partial charge >= 0.3 is 0 Å². The molecule has 3 N–H and O–H groups in total. The maximum Gasteiger partial charge on any atom is 0.259 e. The summed E-state index contributed by atoms with van der Waals surface area (Å²) in [5, 5.41) is 7.97. The van der Waals surface area contributed by atoms with E-state index in [1.165, 1.54) is 61.7 Å². The molecule has 0 aliphatic heterocycles. The Morgan fingerprint density at radius 3 is 2.47 bits per heavy atom. The first kappa shape index (κ1) is 21.6. The molecule has 10 heteroatoms. The van der Waals surface area contributed by atoms with E-state index in [-0.39, 0.29) is 38.4 Å². The Morgan fingerprint density at radius 2 is 1.77 bits per heavy atom. The Balaban J connectivity index is 1.93. The van der Waals surface area contributed by atoms with Crippen LogP contribution in [-0.4, -0.2) is 21.4 Å². The van der Waals surface area contributed by atoms with E-state index >= 15 is 0 Å². The van der Waals surface area contributed by atoms with Crippen LogP contribution in [0.3, 0.4) is 0 Å². The summed E-state index contributed by atoms with van der Waals surface area (Å²) in [6.45, 7) is 0. The third kappa shape index (κ3) is 5.07. The van der Waals surface area contributed by atoms with Gasteiger partial charge in [-0.05, 0) is 48.5 Å². The van der Waals surface area contributed by atoms with Crippen molar-refractivity contribution in [1.82, 2.24) is 0 Å². The van der Waals surface area contributed by atoms with E-state index in [1.54, 1.807) is 0 Å². The number of nitrogens with two attached hydrogens (primary N) is 1. The van der Waals surface area contributed by atoms with Gasteiger partial charge in [-0.2, -0.15) is 0 Å². The lowest BCUT2D eigenvalue weighted by Crippen LogP contribution is -2.15. The molecule has 0 saturated heterocycles. The van der Waals surface area contributed by atoms with Crippen LogP contribution in [0.15, 0.2) is 65.6 Å². The van der Waals surface area contributed by atoms with E-state index in [4.69, 9.17) is 26.2 Å². The molecule has 1 amide bonds. The first-order chi connectivity index (χ1) is 14.2. The van der Waals surface area contributed by atoms with Gasteiger partial charge in [0.05, 0.1) is 17.6 Å². The van der Waals surface area contributed by atoms with E-state index < -0.39 is 21.7 Å². The minimum absolute atomic E-state index is 0.0647. The van der Waals surface area contributed by atoms with Crippen molar-refractivity contribution in [3.05, 3.63) is 77.1 Å². The molecule has 3 aromatic carbocycles. The Kier molecular flexibility index (Phi) is 6.25. The summed E-state index contributed by atoms with van der Waals surface area (Å²) in [7, 11) is -2.58. The molecule has 0 saturated carbocycles. The minimum Gasteiger partial charge on any atom is -0.493 e. The van der Waals surface area contributed by atoms with Gasteiger partial charge in [-0.3, -0.25) is 4.79 Å². The molecule has 0 heterocycles. The zero-order valence-electron chi connectivity index (χ0n) is 15.6. The smallest absolute Gasteiger partial charge is 0.259 e. The number of sulfonamides is 1.